The normalized spacial score (nSPS) is 18.9. The van der Waals surface area contributed by atoms with Gasteiger partial charge in [0, 0.05) is 16.8 Å². The van der Waals surface area contributed by atoms with Crippen molar-refractivity contribution in [2.45, 2.75) is 5.41 Å². The number of nitrogens with zero attached hydrogens (tertiary/aromatic N) is 3. The van der Waals surface area contributed by atoms with Crippen LogP contribution >= 0.6 is 0 Å². The van der Waals surface area contributed by atoms with E-state index in [9.17, 15) is 24.3 Å². The fourth-order valence-corrected chi connectivity index (χ4v) is 4.41. The van der Waals surface area contributed by atoms with Crippen LogP contribution in [-0.2, 0) is 15.0 Å². The number of aliphatic carboxylic acids is 1. The molecule has 9 nitrogen and oxygen atoms in total. The summed E-state index contributed by atoms with van der Waals surface area (Å²) < 4.78 is 19.1. The number of carbonyl (C=O) groups is 2. The van der Waals surface area contributed by atoms with Crippen LogP contribution in [0.5, 0.6) is 5.88 Å². The Bertz CT molecular complexity index is 1370. The third-order valence-electron chi connectivity index (χ3n) is 5.64. The number of halogens is 1. The summed E-state index contributed by atoms with van der Waals surface area (Å²) >= 11 is 0. The molecule has 2 aromatic carbocycles. The van der Waals surface area contributed by atoms with Crippen molar-refractivity contribution in [1.82, 2.24) is 10.2 Å². The molecule has 1 spiro atoms. The van der Waals surface area contributed by atoms with E-state index in [0.29, 0.717) is 22.5 Å². The first kappa shape index (κ1) is 19.3. The standard InChI is InChI=1S/C22H14FN5O4/c23-12-7-5-11(6-8-12)18-17-20(27-26-18)32-19(25)14(9-24)22(17)13-3-1-2-4-15(13)28(21(22)31)10-16(29)30/h1-8H,10,25H2,(H,26,27)(H,29,30)/t22-/m1/s1. The van der Waals surface area contributed by atoms with Gasteiger partial charge in [0.2, 0.25) is 17.7 Å². The lowest BCUT2D eigenvalue weighted by Crippen LogP contribution is -2.47. The zero-order valence-electron chi connectivity index (χ0n) is 16.3. The highest BCUT2D eigenvalue weighted by molar-refractivity contribution is 6.16. The monoisotopic (exact) mass is 431 g/mol. The summed E-state index contributed by atoms with van der Waals surface area (Å²) in [6.45, 7) is -0.615. The van der Waals surface area contributed by atoms with Crippen LogP contribution in [0.15, 0.2) is 60.0 Å². The highest BCUT2D eigenvalue weighted by Crippen LogP contribution is 2.56. The van der Waals surface area contributed by atoms with E-state index in [1.807, 2.05) is 6.07 Å². The summed E-state index contributed by atoms with van der Waals surface area (Å²) in [5, 5.41) is 26.4. The van der Waals surface area contributed by atoms with E-state index in [2.05, 4.69) is 10.2 Å². The number of nitrogens with two attached hydrogens (primary N) is 1. The van der Waals surface area contributed by atoms with Crippen LogP contribution in [0, 0.1) is 17.1 Å². The lowest BCUT2D eigenvalue weighted by molar-refractivity contribution is -0.136. The molecule has 0 unspecified atom stereocenters. The lowest BCUT2D eigenvalue weighted by Gasteiger charge is -2.32. The minimum Gasteiger partial charge on any atom is -0.480 e. The zero-order valence-corrected chi connectivity index (χ0v) is 16.3. The molecule has 0 aliphatic carbocycles. The number of anilines is 1. The maximum absolute atomic E-state index is 14.0. The van der Waals surface area contributed by atoms with Crippen molar-refractivity contribution in [2.24, 2.45) is 5.73 Å². The number of aromatic amines is 1. The predicted octanol–water partition coefficient (Wildman–Crippen LogP) is 2.02. The number of nitrogens with one attached hydrogen (secondary N) is 1. The van der Waals surface area contributed by atoms with Crippen molar-refractivity contribution in [2.75, 3.05) is 11.4 Å². The van der Waals surface area contributed by atoms with Crippen molar-refractivity contribution in [1.29, 1.82) is 5.26 Å². The highest BCUT2D eigenvalue weighted by Gasteiger charge is 2.61. The summed E-state index contributed by atoms with van der Waals surface area (Å²) in [6.07, 6.45) is 0. The van der Waals surface area contributed by atoms with Crippen LogP contribution < -0.4 is 15.4 Å². The number of H-pyrrole nitrogens is 1. The second kappa shape index (κ2) is 6.68. The number of benzene rings is 2. The maximum Gasteiger partial charge on any atom is 0.323 e. The summed E-state index contributed by atoms with van der Waals surface area (Å²) in [5.74, 6) is -2.68. The number of carboxylic acids is 1. The van der Waals surface area contributed by atoms with E-state index < -0.39 is 29.7 Å². The number of amides is 1. The molecule has 1 atom stereocenters. The maximum atomic E-state index is 14.0. The van der Waals surface area contributed by atoms with Crippen LogP contribution in [0.2, 0.25) is 0 Å². The Labute approximate surface area is 180 Å². The van der Waals surface area contributed by atoms with Crippen LogP contribution in [0.3, 0.4) is 0 Å². The summed E-state index contributed by atoms with van der Waals surface area (Å²) in [5.41, 5.74) is 5.80. The Morgan fingerprint density at radius 3 is 2.69 bits per heavy atom. The molecule has 0 fully saturated rings. The molecule has 2 aliphatic rings. The molecule has 158 valence electrons. The predicted molar refractivity (Wildman–Crippen MR) is 109 cm³/mol. The molecule has 1 amide bonds. The molecule has 2 aliphatic heterocycles. The first-order chi connectivity index (χ1) is 15.4. The second-order valence-corrected chi connectivity index (χ2v) is 7.29. The molecule has 3 aromatic rings. The zero-order chi connectivity index (χ0) is 22.6. The van der Waals surface area contributed by atoms with Gasteiger partial charge in [0.25, 0.3) is 0 Å². The van der Waals surface area contributed by atoms with Crippen molar-refractivity contribution < 1.29 is 23.8 Å². The third-order valence-corrected chi connectivity index (χ3v) is 5.64. The molecule has 0 bridgehead atoms. The molecular weight excluding hydrogens is 417 g/mol. The number of hydrogen-bond acceptors (Lipinski definition) is 6. The molecule has 4 N–H and O–H groups in total. The smallest absolute Gasteiger partial charge is 0.323 e. The number of nitriles is 1. The Kier molecular flexibility index (Phi) is 4.03. The minimum atomic E-state index is -1.78. The fourth-order valence-electron chi connectivity index (χ4n) is 4.41. The van der Waals surface area contributed by atoms with Gasteiger partial charge in [0.1, 0.15) is 29.4 Å². The molecule has 3 heterocycles. The van der Waals surface area contributed by atoms with E-state index >= 15 is 0 Å². The number of carboxylic acid groups (broad SMARTS) is 1. The van der Waals surface area contributed by atoms with Gasteiger partial charge in [0.15, 0.2) is 0 Å². The van der Waals surface area contributed by atoms with Crippen molar-refractivity contribution in [3.8, 4) is 23.2 Å². The van der Waals surface area contributed by atoms with Crippen LogP contribution in [0.4, 0.5) is 10.1 Å². The van der Waals surface area contributed by atoms with Crippen LogP contribution in [-0.4, -0.2) is 33.7 Å². The minimum absolute atomic E-state index is 0.0267. The molecule has 32 heavy (non-hydrogen) atoms. The van der Waals surface area contributed by atoms with Gasteiger partial charge in [-0.15, -0.1) is 5.10 Å². The molecule has 0 radical (unpaired) electrons. The van der Waals surface area contributed by atoms with Gasteiger partial charge in [0.05, 0.1) is 11.3 Å². The molecule has 0 saturated carbocycles. The lowest BCUT2D eigenvalue weighted by atomic mass is 9.68. The second-order valence-electron chi connectivity index (χ2n) is 7.29. The first-order valence-corrected chi connectivity index (χ1v) is 9.45. The number of carbonyl (C=O) groups excluding carboxylic acids is 1. The number of ether oxygens (including phenoxy) is 1. The van der Waals surface area contributed by atoms with Gasteiger partial charge in [-0.2, -0.15) is 5.26 Å². The largest absolute Gasteiger partial charge is 0.480 e. The number of hydrogen-bond donors (Lipinski definition) is 3. The van der Waals surface area contributed by atoms with Gasteiger partial charge >= 0.3 is 5.97 Å². The molecule has 10 heteroatoms. The van der Waals surface area contributed by atoms with E-state index in [-0.39, 0.29) is 22.9 Å². The van der Waals surface area contributed by atoms with Crippen LogP contribution in [0.1, 0.15) is 11.1 Å². The van der Waals surface area contributed by atoms with E-state index in [0.717, 1.165) is 4.90 Å². The average molecular weight is 431 g/mol. The highest BCUT2D eigenvalue weighted by atomic mass is 19.1. The first-order valence-electron chi connectivity index (χ1n) is 9.45. The Morgan fingerprint density at radius 1 is 1.28 bits per heavy atom. The van der Waals surface area contributed by atoms with Crippen molar-refractivity contribution in [3.63, 3.8) is 0 Å². The van der Waals surface area contributed by atoms with Gasteiger partial charge in [-0.25, -0.2) is 4.39 Å². The van der Waals surface area contributed by atoms with Gasteiger partial charge in [-0.05, 0) is 30.3 Å². The number of para-hydroxylation sites is 1. The van der Waals surface area contributed by atoms with Gasteiger partial charge in [-0.3, -0.25) is 19.6 Å². The van der Waals surface area contributed by atoms with E-state index in [1.54, 1.807) is 24.3 Å². The van der Waals surface area contributed by atoms with Gasteiger partial charge in [-0.1, -0.05) is 18.2 Å². The number of fused-ring (bicyclic) bond motifs is 4. The Morgan fingerprint density at radius 2 is 2.00 bits per heavy atom. The average Bonchev–Trinajstić information content (AvgIpc) is 3.29. The van der Waals surface area contributed by atoms with Crippen molar-refractivity contribution in [3.05, 3.63) is 76.9 Å². The molecule has 5 rings (SSSR count). The summed E-state index contributed by atoms with van der Waals surface area (Å²) in [4.78, 5) is 26.6. The molecule has 0 saturated heterocycles. The molecule has 1 aromatic heterocycles. The number of rotatable bonds is 3. The summed E-state index contributed by atoms with van der Waals surface area (Å²) in [7, 11) is 0. The van der Waals surface area contributed by atoms with Gasteiger partial charge < -0.3 is 15.6 Å². The fraction of sp³-hybridized carbons (Fsp3) is 0.0909. The Balaban J connectivity index is 1.87. The van der Waals surface area contributed by atoms with E-state index in [4.69, 9.17) is 10.5 Å². The number of aromatic nitrogens is 2. The van der Waals surface area contributed by atoms with E-state index in [1.165, 1.54) is 24.3 Å². The SMILES string of the molecule is N#CC1=C(N)Oc2n[nH]c(-c3ccc(F)cc3)c2[C@]12C(=O)N(CC(=O)O)c1ccccc12. The van der Waals surface area contributed by atoms with Crippen molar-refractivity contribution >= 4 is 17.6 Å². The molecular formula is C22H14FN5O4. The van der Waals surface area contributed by atoms with Crippen LogP contribution in [0.25, 0.3) is 11.3 Å². The third kappa shape index (κ3) is 2.39. The Hall–Kier alpha value is -4.65. The summed E-state index contributed by atoms with van der Waals surface area (Å²) in [6, 6.07) is 14.0. The quantitative estimate of drug-likeness (QED) is 0.575. The topological polar surface area (TPSA) is 145 Å².